The Kier molecular flexibility index (Phi) is 4.09. The summed E-state index contributed by atoms with van der Waals surface area (Å²) >= 11 is 1.56. The van der Waals surface area contributed by atoms with Gasteiger partial charge in [0.25, 0.3) is 11.8 Å². The second kappa shape index (κ2) is 6.69. The zero-order valence-electron chi connectivity index (χ0n) is 12.8. The smallest absolute Gasteiger partial charge is 0.280 e. The van der Waals surface area contributed by atoms with Crippen LogP contribution in [0.3, 0.4) is 0 Å². The van der Waals surface area contributed by atoms with Crippen LogP contribution in [0, 0.1) is 0 Å². The molecule has 0 fully saturated rings. The minimum Gasteiger partial charge on any atom is -0.472 e. The number of amides is 1. The number of furan rings is 1. The minimum atomic E-state index is -0.202. The molecule has 0 atom stereocenters. The van der Waals surface area contributed by atoms with Crippen molar-refractivity contribution in [1.82, 2.24) is 30.5 Å². The van der Waals surface area contributed by atoms with E-state index in [0.29, 0.717) is 36.1 Å². The van der Waals surface area contributed by atoms with Crippen molar-refractivity contribution >= 4 is 17.2 Å². The van der Waals surface area contributed by atoms with E-state index in [1.54, 1.807) is 28.3 Å². The summed E-state index contributed by atoms with van der Waals surface area (Å²) in [5.41, 5.74) is 1.86. The normalized spacial score (nSPS) is 10.9. The summed E-state index contributed by atoms with van der Waals surface area (Å²) in [7, 11) is 0. The lowest BCUT2D eigenvalue weighted by atomic mass is 10.3. The van der Waals surface area contributed by atoms with Gasteiger partial charge in [-0.2, -0.15) is 16.3 Å². The highest BCUT2D eigenvalue weighted by Crippen LogP contribution is 2.22. The van der Waals surface area contributed by atoms with E-state index >= 15 is 0 Å². The second-order valence-electron chi connectivity index (χ2n) is 5.07. The molecule has 1 amide bonds. The van der Waals surface area contributed by atoms with E-state index in [9.17, 15) is 4.79 Å². The number of nitrogens with one attached hydrogen (secondary N) is 1. The van der Waals surface area contributed by atoms with Crippen LogP contribution < -0.4 is 5.32 Å². The first-order valence-electron chi connectivity index (χ1n) is 7.37. The van der Waals surface area contributed by atoms with E-state index in [4.69, 9.17) is 8.94 Å². The molecule has 0 aliphatic rings. The first-order valence-corrected chi connectivity index (χ1v) is 8.31. The number of hydrogen-bond acceptors (Lipinski definition) is 8. The SMILES string of the molecule is O=C(NCCn1cc(-c2nc(-c3ccsc3)no2)nn1)c1ccoc1. The molecule has 0 saturated heterocycles. The maximum Gasteiger partial charge on any atom is 0.280 e. The van der Waals surface area contributed by atoms with Crippen molar-refractivity contribution in [3.63, 3.8) is 0 Å². The topological polar surface area (TPSA) is 112 Å². The molecule has 0 unspecified atom stereocenters. The summed E-state index contributed by atoms with van der Waals surface area (Å²) in [6, 6.07) is 3.52. The first kappa shape index (κ1) is 15.3. The largest absolute Gasteiger partial charge is 0.472 e. The Hall–Kier alpha value is -3.27. The summed E-state index contributed by atoms with van der Waals surface area (Å²) in [4.78, 5) is 16.1. The van der Waals surface area contributed by atoms with Gasteiger partial charge in [0.05, 0.1) is 24.6 Å². The monoisotopic (exact) mass is 356 g/mol. The van der Waals surface area contributed by atoms with E-state index in [1.807, 2.05) is 16.8 Å². The van der Waals surface area contributed by atoms with Crippen molar-refractivity contribution < 1.29 is 13.7 Å². The van der Waals surface area contributed by atoms with Crippen molar-refractivity contribution in [1.29, 1.82) is 0 Å². The first-order chi connectivity index (χ1) is 12.3. The second-order valence-corrected chi connectivity index (χ2v) is 5.85. The summed E-state index contributed by atoms with van der Waals surface area (Å²) in [6.45, 7) is 0.860. The molecule has 0 bridgehead atoms. The molecule has 0 saturated carbocycles. The van der Waals surface area contributed by atoms with Gasteiger partial charge < -0.3 is 14.3 Å². The average Bonchev–Trinajstić information content (AvgIpc) is 3.42. The fourth-order valence-corrected chi connectivity index (χ4v) is 2.76. The molecule has 4 aromatic rings. The van der Waals surface area contributed by atoms with Crippen LogP contribution >= 0.6 is 11.3 Å². The van der Waals surface area contributed by atoms with Gasteiger partial charge in [-0.15, -0.1) is 5.10 Å². The van der Waals surface area contributed by atoms with Gasteiger partial charge in [0, 0.05) is 17.5 Å². The van der Waals surface area contributed by atoms with Gasteiger partial charge in [0.2, 0.25) is 5.82 Å². The average molecular weight is 356 g/mol. The van der Waals surface area contributed by atoms with E-state index in [2.05, 4.69) is 25.8 Å². The Bertz CT molecular complexity index is 957. The molecule has 4 aromatic heterocycles. The fourth-order valence-electron chi connectivity index (χ4n) is 2.12. The quantitative estimate of drug-likeness (QED) is 0.563. The van der Waals surface area contributed by atoms with Crippen molar-refractivity contribution in [2.24, 2.45) is 0 Å². The molecule has 1 N–H and O–H groups in total. The molecular formula is C15H12N6O3S. The summed E-state index contributed by atoms with van der Waals surface area (Å²) < 4.78 is 11.7. The van der Waals surface area contributed by atoms with Crippen LogP contribution in [0.2, 0.25) is 0 Å². The molecule has 25 heavy (non-hydrogen) atoms. The van der Waals surface area contributed by atoms with Crippen LogP contribution in [0.1, 0.15) is 10.4 Å². The van der Waals surface area contributed by atoms with Crippen LogP contribution in [0.4, 0.5) is 0 Å². The summed E-state index contributed by atoms with van der Waals surface area (Å²) in [5, 5.41) is 18.6. The highest BCUT2D eigenvalue weighted by Gasteiger charge is 2.14. The third-order valence-corrected chi connectivity index (χ3v) is 4.06. The zero-order chi connectivity index (χ0) is 17.1. The Balaban J connectivity index is 1.37. The third-order valence-electron chi connectivity index (χ3n) is 3.37. The molecular weight excluding hydrogens is 344 g/mol. The Morgan fingerprint density at radius 2 is 2.32 bits per heavy atom. The predicted molar refractivity (Wildman–Crippen MR) is 87.7 cm³/mol. The molecule has 10 heteroatoms. The molecule has 4 heterocycles. The van der Waals surface area contributed by atoms with E-state index < -0.39 is 0 Å². The van der Waals surface area contributed by atoms with Crippen molar-refractivity contribution in [2.45, 2.75) is 6.54 Å². The summed E-state index contributed by atoms with van der Waals surface area (Å²) in [6.07, 6.45) is 4.53. The van der Waals surface area contributed by atoms with Gasteiger partial charge in [0.1, 0.15) is 6.26 Å². The maximum absolute atomic E-state index is 11.8. The van der Waals surface area contributed by atoms with Gasteiger partial charge in [-0.1, -0.05) is 10.4 Å². The van der Waals surface area contributed by atoms with Gasteiger partial charge in [-0.3, -0.25) is 4.79 Å². The summed E-state index contributed by atoms with van der Waals surface area (Å²) in [5.74, 6) is 0.611. The number of rotatable bonds is 6. The Morgan fingerprint density at radius 1 is 1.36 bits per heavy atom. The fraction of sp³-hybridized carbons (Fsp3) is 0.133. The van der Waals surface area contributed by atoms with Gasteiger partial charge in [-0.25, -0.2) is 4.68 Å². The van der Waals surface area contributed by atoms with Gasteiger partial charge >= 0.3 is 0 Å². The number of thiophene rings is 1. The molecule has 4 rings (SSSR count). The van der Waals surface area contributed by atoms with Crippen LogP contribution in [0.25, 0.3) is 23.0 Å². The molecule has 0 radical (unpaired) electrons. The van der Waals surface area contributed by atoms with E-state index in [-0.39, 0.29) is 5.91 Å². The standard InChI is InChI=1S/C15H12N6O3S/c22-14(10-1-5-23-8-10)16-3-4-21-7-12(18-20-21)15-17-13(19-24-15)11-2-6-25-9-11/h1-2,5-9H,3-4H2,(H,16,22). The van der Waals surface area contributed by atoms with Gasteiger partial charge in [-0.05, 0) is 17.5 Å². The number of aromatic nitrogens is 5. The molecule has 0 aromatic carbocycles. The van der Waals surface area contributed by atoms with Crippen LogP contribution in [0.5, 0.6) is 0 Å². The van der Waals surface area contributed by atoms with Crippen molar-refractivity contribution in [2.75, 3.05) is 6.54 Å². The number of carbonyl (C=O) groups is 1. The van der Waals surface area contributed by atoms with Crippen molar-refractivity contribution in [3.05, 3.63) is 47.2 Å². The van der Waals surface area contributed by atoms with Crippen molar-refractivity contribution in [3.8, 4) is 23.0 Å². The minimum absolute atomic E-state index is 0.202. The third kappa shape index (κ3) is 3.33. The van der Waals surface area contributed by atoms with E-state index in [0.717, 1.165) is 5.56 Å². The van der Waals surface area contributed by atoms with E-state index in [1.165, 1.54) is 12.5 Å². The molecule has 126 valence electrons. The molecule has 9 nitrogen and oxygen atoms in total. The maximum atomic E-state index is 11.8. The molecule has 0 aliphatic carbocycles. The van der Waals surface area contributed by atoms with Gasteiger partial charge in [0.15, 0.2) is 5.69 Å². The lowest BCUT2D eigenvalue weighted by Gasteiger charge is -2.02. The number of hydrogen-bond donors (Lipinski definition) is 1. The number of carbonyl (C=O) groups excluding carboxylic acids is 1. The highest BCUT2D eigenvalue weighted by molar-refractivity contribution is 7.08. The molecule has 0 spiro atoms. The lowest BCUT2D eigenvalue weighted by Crippen LogP contribution is -2.27. The van der Waals surface area contributed by atoms with Crippen LogP contribution in [0.15, 0.2) is 50.6 Å². The Labute approximate surface area is 145 Å². The van der Waals surface area contributed by atoms with Crippen LogP contribution in [-0.2, 0) is 6.54 Å². The van der Waals surface area contributed by atoms with Crippen LogP contribution in [-0.4, -0.2) is 37.6 Å². The predicted octanol–water partition coefficient (Wildman–Crippen LogP) is 2.08. The zero-order valence-corrected chi connectivity index (χ0v) is 13.6. The highest BCUT2D eigenvalue weighted by atomic mass is 32.1. The number of nitrogens with zero attached hydrogens (tertiary/aromatic N) is 5. The molecule has 0 aliphatic heterocycles. The Morgan fingerprint density at radius 3 is 3.12 bits per heavy atom. The lowest BCUT2D eigenvalue weighted by molar-refractivity contribution is 0.0951.